The van der Waals surface area contributed by atoms with E-state index in [-0.39, 0.29) is 12.7 Å². The number of esters is 1. The Morgan fingerprint density at radius 1 is 1.09 bits per heavy atom. The van der Waals surface area contributed by atoms with E-state index in [1.54, 1.807) is 54.8 Å². The number of carbonyl (C=O) groups is 1. The molecule has 0 saturated carbocycles. The first-order chi connectivity index (χ1) is 21.5. The van der Waals surface area contributed by atoms with Crippen molar-refractivity contribution in [1.29, 1.82) is 0 Å². The highest BCUT2D eigenvalue weighted by Gasteiger charge is 2.23. The number of rotatable bonds is 9. The zero-order valence-corrected chi connectivity index (χ0v) is 24.5. The molecule has 0 aliphatic carbocycles. The van der Waals surface area contributed by atoms with E-state index in [0.717, 1.165) is 46.4 Å². The maximum Gasteiger partial charge on any atom is 0.337 e. The van der Waals surface area contributed by atoms with Crippen LogP contribution in [0.15, 0.2) is 83.5 Å². The van der Waals surface area contributed by atoms with Gasteiger partial charge in [-0.2, -0.15) is 0 Å². The normalized spacial score (nSPS) is 14.6. The van der Waals surface area contributed by atoms with Crippen LogP contribution in [0.25, 0.3) is 33.3 Å². The van der Waals surface area contributed by atoms with Gasteiger partial charge in [-0.1, -0.05) is 29.8 Å². The number of hydrogen-bond donors (Lipinski definition) is 0. The molecule has 222 valence electrons. The van der Waals surface area contributed by atoms with E-state index >= 15 is 4.39 Å². The third-order valence-electron chi connectivity index (χ3n) is 7.84. The number of pyridine rings is 1. The molecule has 0 unspecified atom stereocenters. The summed E-state index contributed by atoms with van der Waals surface area (Å²) in [7, 11) is 1.36. The Bertz CT molecular complexity index is 2020. The molecule has 3 aromatic heterocycles. The number of benzene rings is 3. The predicted molar refractivity (Wildman–Crippen MR) is 163 cm³/mol. The highest BCUT2D eigenvalue weighted by Crippen LogP contribution is 2.30. The number of imidazole rings is 1. The summed E-state index contributed by atoms with van der Waals surface area (Å²) in [6.07, 6.45) is 3.00. The Labute approximate surface area is 257 Å². The van der Waals surface area contributed by atoms with Crippen LogP contribution in [0.5, 0.6) is 5.88 Å². The Balaban J connectivity index is 1.12. The van der Waals surface area contributed by atoms with Crippen molar-refractivity contribution < 1.29 is 27.8 Å². The first kappa shape index (κ1) is 28.1. The van der Waals surface area contributed by atoms with Crippen molar-refractivity contribution >= 4 is 39.6 Å². The maximum absolute atomic E-state index is 15.6. The molecule has 4 heterocycles. The number of halogens is 2. The minimum atomic E-state index is -0.415. The molecule has 6 aromatic rings. The Hall–Kier alpha value is -4.73. The minimum Gasteiger partial charge on any atom is -0.473 e. The molecule has 1 saturated heterocycles. The standard InChI is InChI=1S/C34H27ClFN3O5/c1-41-34(40)21-7-10-29-30(17-21)39(18-23-11-13-42-23)31(37-29)16-20-5-8-25(27(36)15-20)28-3-2-4-32(38-28)44-19-22-6-9-26(35)24-12-14-43-33(22)24/h2-10,12,14-15,17,23H,11,13,16,18-19H2,1H3/t23-/m0/s1. The minimum absolute atomic E-state index is 0.0671. The molecule has 1 aliphatic heterocycles. The van der Waals surface area contributed by atoms with Crippen LogP contribution in [0.2, 0.25) is 5.02 Å². The Morgan fingerprint density at radius 2 is 1.98 bits per heavy atom. The van der Waals surface area contributed by atoms with Crippen molar-refractivity contribution in [3.63, 3.8) is 0 Å². The summed E-state index contributed by atoms with van der Waals surface area (Å²) in [5, 5.41) is 1.42. The fourth-order valence-electron chi connectivity index (χ4n) is 5.44. The first-order valence-corrected chi connectivity index (χ1v) is 14.6. The number of aromatic nitrogens is 3. The summed E-state index contributed by atoms with van der Waals surface area (Å²) in [6.45, 7) is 1.53. The highest BCUT2D eigenvalue weighted by molar-refractivity contribution is 6.35. The van der Waals surface area contributed by atoms with Gasteiger partial charge in [-0.25, -0.2) is 19.2 Å². The Morgan fingerprint density at radius 3 is 2.77 bits per heavy atom. The van der Waals surface area contributed by atoms with Crippen molar-refractivity contribution in [2.45, 2.75) is 32.1 Å². The summed E-state index contributed by atoms with van der Waals surface area (Å²) >= 11 is 6.25. The van der Waals surface area contributed by atoms with Gasteiger partial charge in [0.15, 0.2) is 0 Å². The predicted octanol–water partition coefficient (Wildman–Crippen LogP) is 7.38. The number of nitrogens with zero attached hydrogens (tertiary/aromatic N) is 3. The van der Waals surface area contributed by atoms with Crippen LogP contribution in [0.4, 0.5) is 4.39 Å². The molecule has 1 aliphatic rings. The third-order valence-corrected chi connectivity index (χ3v) is 8.17. The average molecular weight is 612 g/mol. The molecule has 7 rings (SSSR count). The molecule has 0 N–H and O–H groups in total. The monoisotopic (exact) mass is 611 g/mol. The van der Waals surface area contributed by atoms with Gasteiger partial charge in [-0.15, -0.1) is 0 Å². The van der Waals surface area contributed by atoms with Crippen molar-refractivity contribution in [2.75, 3.05) is 13.7 Å². The second kappa shape index (κ2) is 11.7. The van der Waals surface area contributed by atoms with Gasteiger partial charge in [0.05, 0.1) is 53.3 Å². The van der Waals surface area contributed by atoms with Gasteiger partial charge >= 0.3 is 5.97 Å². The first-order valence-electron chi connectivity index (χ1n) is 14.2. The fourth-order valence-corrected chi connectivity index (χ4v) is 5.65. The van der Waals surface area contributed by atoms with Gasteiger partial charge in [0.2, 0.25) is 5.88 Å². The van der Waals surface area contributed by atoms with Crippen molar-refractivity contribution in [1.82, 2.24) is 14.5 Å². The number of carbonyl (C=O) groups excluding carboxylic acids is 1. The van der Waals surface area contributed by atoms with Gasteiger partial charge in [0.25, 0.3) is 0 Å². The lowest BCUT2D eigenvalue weighted by molar-refractivity contribution is -0.0589. The number of methoxy groups -OCH3 is 1. The lowest BCUT2D eigenvalue weighted by Crippen LogP contribution is -2.31. The van der Waals surface area contributed by atoms with Crippen molar-refractivity contribution in [2.24, 2.45) is 0 Å². The van der Waals surface area contributed by atoms with Gasteiger partial charge < -0.3 is 23.2 Å². The molecular weight excluding hydrogens is 585 g/mol. The number of hydrogen-bond acceptors (Lipinski definition) is 7. The number of ether oxygens (including phenoxy) is 3. The molecule has 8 nitrogen and oxygen atoms in total. The van der Waals surface area contributed by atoms with Gasteiger partial charge in [0.1, 0.15) is 23.8 Å². The van der Waals surface area contributed by atoms with E-state index in [9.17, 15) is 4.79 Å². The number of furan rings is 1. The zero-order chi connectivity index (χ0) is 30.2. The third kappa shape index (κ3) is 5.40. The van der Waals surface area contributed by atoms with Crippen LogP contribution in [0.1, 0.15) is 33.7 Å². The van der Waals surface area contributed by atoms with Crippen LogP contribution in [0, 0.1) is 5.82 Å². The topological polar surface area (TPSA) is 88.6 Å². The van der Waals surface area contributed by atoms with Crippen molar-refractivity contribution in [3.8, 4) is 17.1 Å². The summed E-state index contributed by atoms with van der Waals surface area (Å²) in [5.74, 6) is 0.298. The average Bonchev–Trinajstić information content (AvgIpc) is 3.64. The van der Waals surface area contributed by atoms with E-state index in [1.807, 2.05) is 18.2 Å². The Kier molecular flexibility index (Phi) is 7.49. The summed E-state index contributed by atoms with van der Waals surface area (Å²) < 4.78 is 39.7. The second-order valence-corrected chi connectivity index (χ2v) is 11.0. The molecule has 0 spiro atoms. The van der Waals surface area contributed by atoms with Gasteiger partial charge in [-0.05, 0) is 60.5 Å². The van der Waals surface area contributed by atoms with Crippen LogP contribution >= 0.6 is 11.6 Å². The maximum atomic E-state index is 15.6. The summed E-state index contributed by atoms with van der Waals surface area (Å²) in [5.41, 5.74) is 5.05. The van der Waals surface area contributed by atoms with E-state index in [0.29, 0.717) is 46.3 Å². The zero-order valence-electron chi connectivity index (χ0n) is 23.8. The molecule has 3 aromatic carbocycles. The van der Waals surface area contributed by atoms with Gasteiger partial charge in [0, 0.05) is 35.6 Å². The summed E-state index contributed by atoms with van der Waals surface area (Å²) in [4.78, 5) is 21.5. The summed E-state index contributed by atoms with van der Waals surface area (Å²) in [6, 6.07) is 21.1. The van der Waals surface area contributed by atoms with Crippen molar-refractivity contribution in [3.05, 3.63) is 112 Å². The van der Waals surface area contributed by atoms with Crippen LogP contribution in [0.3, 0.4) is 0 Å². The van der Waals surface area contributed by atoms with E-state index in [2.05, 4.69) is 9.55 Å². The fraction of sp³-hybridized carbons (Fsp3) is 0.206. The van der Waals surface area contributed by atoms with Crippen LogP contribution < -0.4 is 4.74 Å². The molecule has 0 radical (unpaired) electrons. The van der Waals surface area contributed by atoms with Crippen LogP contribution in [-0.4, -0.2) is 40.3 Å². The molecule has 0 bridgehead atoms. The largest absolute Gasteiger partial charge is 0.473 e. The lowest BCUT2D eigenvalue weighted by Gasteiger charge is -2.27. The molecule has 1 fully saturated rings. The van der Waals surface area contributed by atoms with Crippen LogP contribution in [-0.2, 0) is 29.0 Å². The number of fused-ring (bicyclic) bond motifs is 2. The lowest BCUT2D eigenvalue weighted by atomic mass is 10.1. The molecular formula is C34H27ClFN3O5. The second-order valence-electron chi connectivity index (χ2n) is 10.6. The SMILES string of the molecule is COC(=O)c1ccc2nc(Cc3ccc(-c4cccc(OCc5ccc(Cl)c6ccoc56)n4)c(F)c3)n(C[C@@H]3CCO3)c2c1. The van der Waals surface area contributed by atoms with E-state index in [4.69, 9.17) is 35.2 Å². The van der Waals surface area contributed by atoms with Gasteiger partial charge in [-0.3, -0.25) is 0 Å². The quantitative estimate of drug-likeness (QED) is 0.158. The molecule has 10 heteroatoms. The smallest absolute Gasteiger partial charge is 0.337 e. The molecule has 0 amide bonds. The van der Waals surface area contributed by atoms with E-state index < -0.39 is 11.8 Å². The highest BCUT2D eigenvalue weighted by atomic mass is 35.5. The van der Waals surface area contributed by atoms with E-state index in [1.165, 1.54) is 13.2 Å². The molecule has 1 atom stereocenters. The molecule has 44 heavy (non-hydrogen) atoms.